The van der Waals surface area contributed by atoms with Crippen LogP contribution in [0.3, 0.4) is 0 Å². The quantitative estimate of drug-likeness (QED) is 0.573. The molecule has 3 nitrogen and oxygen atoms in total. The van der Waals surface area contributed by atoms with Crippen molar-refractivity contribution in [2.75, 3.05) is 13.1 Å². The molecule has 2 unspecified atom stereocenters. The molecule has 0 aliphatic rings. The first kappa shape index (κ1) is 17.4. The van der Waals surface area contributed by atoms with Gasteiger partial charge in [0.25, 0.3) is 0 Å². The smallest absolute Gasteiger partial charge is 0.308 e. The van der Waals surface area contributed by atoms with E-state index in [-0.39, 0.29) is 12.0 Å². The Labute approximate surface area is 113 Å². The lowest BCUT2D eigenvalue weighted by Crippen LogP contribution is -2.43. The standard InChI is InChI=1S/C15H31NO2/c1-5-9-10-11-12-13(15(17)18)14(6-2)16(7-3)8-4/h13-14H,5-12H2,1-4H3,(H,17,18). The van der Waals surface area contributed by atoms with Gasteiger partial charge in [0, 0.05) is 6.04 Å². The topological polar surface area (TPSA) is 40.5 Å². The lowest BCUT2D eigenvalue weighted by molar-refractivity contribution is -0.144. The number of rotatable bonds is 11. The normalized spacial score (nSPS) is 14.7. The van der Waals surface area contributed by atoms with Gasteiger partial charge in [-0.2, -0.15) is 0 Å². The maximum absolute atomic E-state index is 11.5. The highest BCUT2D eigenvalue weighted by Crippen LogP contribution is 2.22. The van der Waals surface area contributed by atoms with Crippen molar-refractivity contribution in [3.63, 3.8) is 0 Å². The van der Waals surface area contributed by atoms with E-state index in [2.05, 4.69) is 32.6 Å². The Hall–Kier alpha value is -0.570. The highest BCUT2D eigenvalue weighted by atomic mass is 16.4. The molecule has 0 amide bonds. The Bertz CT molecular complexity index is 215. The van der Waals surface area contributed by atoms with Crippen LogP contribution in [0.2, 0.25) is 0 Å². The molecule has 0 saturated heterocycles. The molecule has 0 fully saturated rings. The van der Waals surface area contributed by atoms with Crippen molar-refractivity contribution in [3.8, 4) is 0 Å². The monoisotopic (exact) mass is 257 g/mol. The summed E-state index contributed by atoms with van der Waals surface area (Å²) in [5.74, 6) is -0.822. The number of nitrogens with zero attached hydrogens (tertiary/aromatic N) is 1. The van der Waals surface area contributed by atoms with E-state index in [0.29, 0.717) is 0 Å². The summed E-state index contributed by atoms with van der Waals surface area (Å²) in [7, 11) is 0. The molecular weight excluding hydrogens is 226 g/mol. The summed E-state index contributed by atoms with van der Waals surface area (Å²) in [4.78, 5) is 13.8. The zero-order valence-corrected chi connectivity index (χ0v) is 12.6. The molecule has 0 bridgehead atoms. The molecule has 0 aliphatic carbocycles. The average molecular weight is 257 g/mol. The van der Waals surface area contributed by atoms with Crippen molar-refractivity contribution in [2.45, 2.75) is 72.3 Å². The van der Waals surface area contributed by atoms with Gasteiger partial charge in [0.05, 0.1) is 5.92 Å². The summed E-state index contributed by atoms with van der Waals surface area (Å²) in [6.07, 6.45) is 6.37. The molecule has 2 atom stereocenters. The van der Waals surface area contributed by atoms with E-state index in [1.54, 1.807) is 0 Å². The van der Waals surface area contributed by atoms with Crippen LogP contribution < -0.4 is 0 Å². The Morgan fingerprint density at radius 3 is 2.06 bits per heavy atom. The summed E-state index contributed by atoms with van der Waals surface area (Å²) in [6, 6.07) is 0.194. The lowest BCUT2D eigenvalue weighted by Gasteiger charge is -2.33. The number of carbonyl (C=O) groups is 1. The van der Waals surface area contributed by atoms with Crippen molar-refractivity contribution >= 4 is 5.97 Å². The van der Waals surface area contributed by atoms with Crippen molar-refractivity contribution in [3.05, 3.63) is 0 Å². The second kappa shape index (κ2) is 10.4. The maximum atomic E-state index is 11.5. The fourth-order valence-electron chi connectivity index (χ4n) is 2.76. The molecule has 0 rings (SSSR count). The molecule has 18 heavy (non-hydrogen) atoms. The molecule has 108 valence electrons. The zero-order chi connectivity index (χ0) is 14.0. The first-order valence-corrected chi connectivity index (χ1v) is 7.59. The Morgan fingerprint density at radius 2 is 1.67 bits per heavy atom. The van der Waals surface area contributed by atoms with Gasteiger partial charge < -0.3 is 10.0 Å². The first-order valence-electron chi connectivity index (χ1n) is 7.59. The molecule has 1 N–H and O–H groups in total. The molecule has 0 heterocycles. The zero-order valence-electron chi connectivity index (χ0n) is 12.6. The van der Waals surface area contributed by atoms with Crippen LogP contribution in [-0.2, 0) is 4.79 Å². The summed E-state index contributed by atoms with van der Waals surface area (Å²) < 4.78 is 0. The maximum Gasteiger partial charge on any atom is 0.308 e. The Morgan fingerprint density at radius 1 is 1.06 bits per heavy atom. The molecule has 0 saturated carbocycles. The predicted octanol–water partition coefficient (Wildman–Crippen LogP) is 3.78. The molecule has 0 aromatic rings. The van der Waals surface area contributed by atoms with Gasteiger partial charge in [-0.05, 0) is 25.9 Å². The van der Waals surface area contributed by atoms with Crippen LogP contribution in [0.5, 0.6) is 0 Å². The number of unbranched alkanes of at least 4 members (excludes halogenated alkanes) is 3. The van der Waals surface area contributed by atoms with Crippen LogP contribution >= 0.6 is 0 Å². The van der Waals surface area contributed by atoms with Crippen molar-refractivity contribution in [1.82, 2.24) is 4.90 Å². The van der Waals surface area contributed by atoms with Crippen LogP contribution in [0.25, 0.3) is 0 Å². The average Bonchev–Trinajstić information content (AvgIpc) is 2.36. The Kier molecular flexibility index (Phi) is 10.0. The minimum atomic E-state index is -0.620. The number of hydrogen-bond acceptors (Lipinski definition) is 2. The second-order valence-corrected chi connectivity index (χ2v) is 4.99. The summed E-state index contributed by atoms with van der Waals surface area (Å²) in [5.41, 5.74) is 0. The van der Waals surface area contributed by atoms with E-state index < -0.39 is 5.97 Å². The van der Waals surface area contributed by atoms with Gasteiger partial charge >= 0.3 is 5.97 Å². The largest absolute Gasteiger partial charge is 0.481 e. The molecule has 0 aromatic heterocycles. The second-order valence-electron chi connectivity index (χ2n) is 4.99. The summed E-state index contributed by atoms with van der Waals surface area (Å²) in [5, 5.41) is 9.44. The van der Waals surface area contributed by atoms with E-state index in [1.165, 1.54) is 12.8 Å². The molecule has 0 aliphatic heterocycles. The third kappa shape index (κ3) is 5.85. The molecule has 3 heteroatoms. The van der Waals surface area contributed by atoms with E-state index in [4.69, 9.17) is 0 Å². The SMILES string of the molecule is CCCCCCC(C(=O)O)C(CC)N(CC)CC. The van der Waals surface area contributed by atoms with Crippen LogP contribution in [0.1, 0.15) is 66.2 Å². The summed E-state index contributed by atoms with van der Waals surface area (Å²) in [6.45, 7) is 10.4. The van der Waals surface area contributed by atoms with Crippen LogP contribution in [0.4, 0.5) is 0 Å². The predicted molar refractivity (Wildman–Crippen MR) is 76.9 cm³/mol. The minimum absolute atomic E-state index is 0.194. The third-order valence-corrected chi connectivity index (χ3v) is 3.85. The highest BCUT2D eigenvalue weighted by Gasteiger charge is 2.29. The number of carboxylic acid groups (broad SMARTS) is 1. The van der Waals surface area contributed by atoms with Crippen molar-refractivity contribution in [2.24, 2.45) is 5.92 Å². The summed E-state index contributed by atoms with van der Waals surface area (Å²) >= 11 is 0. The van der Waals surface area contributed by atoms with Crippen LogP contribution in [-0.4, -0.2) is 35.1 Å². The van der Waals surface area contributed by atoms with Crippen molar-refractivity contribution < 1.29 is 9.90 Å². The minimum Gasteiger partial charge on any atom is -0.481 e. The van der Waals surface area contributed by atoms with Gasteiger partial charge in [-0.3, -0.25) is 4.79 Å². The van der Waals surface area contributed by atoms with Gasteiger partial charge in [0.1, 0.15) is 0 Å². The van der Waals surface area contributed by atoms with Crippen LogP contribution in [0, 0.1) is 5.92 Å². The molecule has 0 spiro atoms. The van der Waals surface area contributed by atoms with Gasteiger partial charge in [-0.1, -0.05) is 53.4 Å². The Balaban J connectivity index is 4.47. The highest BCUT2D eigenvalue weighted by molar-refractivity contribution is 5.70. The molecule has 0 aromatic carbocycles. The van der Waals surface area contributed by atoms with Gasteiger partial charge in [-0.15, -0.1) is 0 Å². The van der Waals surface area contributed by atoms with Gasteiger partial charge in [0.15, 0.2) is 0 Å². The van der Waals surface area contributed by atoms with E-state index in [9.17, 15) is 9.90 Å². The van der Waals surface area contributed by atoms with E-state index in [0.717, 1.165) is 38.8 Å². The lowest BCUT2D eigenvalue weighted by atomic mass is 9.90. The van der Waals surface area contributed by atoms with Crippen LogP contribution in [0.15, 0.2) is 0 Å². The fourth-order valence-corrected chi connectivity index (χ4v) is 2.76. The van der Waals surface area contributed by atoms with Crippen molar-refractivity contribution in [1.29, 1.82) is 0 Å². The fraction of sp³-hybridized carbons (Fsp3) is 0.933. The molecular formula is C15H31NO2. The number of aliphatic carboxylic acids is 1. The van der Waals surface area contributed by atoms with E-state index >= 15 is 0 Å². The molecule has 0 radical (unpaired) electrons. The van der Waals surface area contributed by atoms with Gasteiger partial charge in [-0.25, -0.2) is 0 Å². The number of hydrogen-bond donors (Lipinski definition) is 1. The first-order chi connectivity index (χ1) is 8.62. The third-order valence-electron chi connectivity index (χ3n) is 3.85. The van der Waals surface area contributed by atoms with Gasteiger partial charge in [0.2, 0.25) is 0 Å². The number of carboxylic acids is 1. The van der Waals surface area contributed by atoms with E-state index in [1.807, 2.05) is 0 Å².